The van der Waals surface area contributed by atoms with Crippen LogP contribution in [0.25, 0.3) is 0 Å². The highest BCUT2D eigenvalue weighted by Crippen LogP contribution is 2.36. The average molecular weight is 299 g/mol. The average Bonchev–Trinajstić information content (AvgIpc) is 2.35. The van der Waals surface area contributed by atoms with Gasteiger partial charge in [0.2, 0.25) is 0 Å². The van der Waals surface area contributed by atoms with Gasteiger partial charge >= 0.3 is 0 Å². The molecule has 2 heteroatoms. The van der Waals surface area contributed by atoms with Crippen molar-refractivity contribution in [2.75, 3.05) is 6.61 Å². The maximum Gasteiger partial charge on any atom is 0.191 e. The zero-order valence-electron chi connectivity index (χ0n) is 14.9. The third kappa shape index (κ3) is 8.26. The van der Waals surface area contributed by atoms with Crippen LogP contribution in [0.3, 0.4) is 0 Å². The number of rotatable bonds is 11. The largest absolute Gasteiger partial charge is 0.417 e. The highest BCUT2D eigenvalue weighted by molar-refractivity contribution is 6.74. The van der Waals surface area contributed by atoms with E-state index in [1.165, 1.54) is 44.9 Å². The molecule has 0 spiro atoms. The molecule has 0 aromatic heterocycles. The SMILES string of the molecule is C=CC(CCCC)CCCCCO[Si](C)(C)C(C)(C)C. The van der Waals surface area contributed by atoms with E-state index in [0.717, 1.165) is 12.5 Å². The smallest absolute Gasteiger partial charge is 0.191 e. The van der Waals surface area contributed by atoms with E-state index in [1.54, 1.807) is 0 Å². The molecule has 0 saturated carbocycles. The van der Waals surface area contributed by atoms with E-state index < -0.39 is 8.32 Å². The summed E-state index contributed by atoms with van der Waals surface area (Å²) in [5.41, 5.74) is 0. The highest BCUT2D eigenvalue weighted by atomic mass is 28.4. The summed E-state index contributed by atoms with van der Waals surface area (Å²) >= 11 is 0. The summed E-state index contributed by atoms with van der Waals surface area (Å²) in [7, 11) is -1.53. The van der Waals surface area contributed by atoms with Gasteiger partial charge in [0.1, 0.15) is 0 Å². The van der Waals surface area contributed by atoms with Gasteiger partial charge in [-0.1, -0.05) is 59.5 Å². The Balaban J connectivity index is 3.69. The van der Waals surface area contributed by atoms with E-state index in [0.29, 0.717) is 5.04 Å². The molecule has 0 aromatic carbocycles. The summed E-state index contributed by atoms with van der Waals surface area (Å²) in [6.45, 7) is 18.8. The minimum absolute atomic E-state index is 0.334. The summed E-state index contributed by atoms with van der Waals surface area (Å²) in [4.78, 5) is 0. The molecule has 0 rings (SSSR count). The van der Waals surface area contributed by atoms with Crippen molar-refractivity contribution in [2.45, 2.75) is 90.8 Å². The van der Waals surface area contributed by atoms with Crippen molar-refractivity contribution in [3.8, 4) is 0 Å². The first-order valence-electron chi connectivity index (χ1n) is 8.51. The van der Waals surface area contributed by atoms with Crippen molar-refractivity contribution >= 4 is 8.32 Å². The lowest BCUT2D eigenvalue weighted by Crippen LogP contribution is -2.40. The molecule has 0 N–H and O–H groups in total. The zero-order chi connectivity index (χ0) is 15.6. The molecule has 1 unspecified atom stereocenters. The van der Waals surface area contributed by atoms with Crippen LogP contribution >= 0.6 is 0 Å². The topological polar surface area (TPSA) is 9.23 Å². The molecule has 1 nitrogen and oxygen atoms in total. The standard InChI is InChI=1S/C18H38OSi/c1-8-10-14-17(9-2)15-12-11-13-16-19-20(6,7)18(3,4)5/h9,17H,2,8,10-16H2,1,3-7H3. The number of hydrogen-bond donors (Lipinski definition) is 0. The monoisotopic (exact) mass is 298 g/mol. The first-order valence-corrected chi connectivity index (χ1v) is 11.4. The number of allylic oxidation sites excluding steroid dienone is 1. The summed E-state index contributed by atoms with van der Waals surface area (Å²) in [6, 6.07) is 0. The third-order valence-electron chi connectivity index (χ3n) is 4.75. The second kappa shape index (κ2) is 9.78. The van der Waals surface area contributed by atoms with Crippen LogP contribution < -0.4 is 0 Å². The molecule has 0 amide bonds. The van der Waals surface area contributed by atoms with E-state index in [4.69, 9.17) is 4.43 Å². The maximum atomic E-state index is 6.21. The quantitative estimate of drug-likeness (QED) is 0.238. The Morgan fingerprint density at radius 1 is 1.05 bits per heavy atom. The Labute approximate surface area is 129 Å². The lowest BCUT2D eigenvalue weighted by molar-refractivity contribution is 0.276. The molecule has 0 aromatic rings. The summed E-state index contributed by atoms with van der Waals surface area (Å²) < 4.78 is 6.21. The maximum absolute atomic E-state index is 6.21. The molecule has 0 aliphatic rings. The molecule has 0 heterocycles. The Morgan fingerprint density at radius 3 is 2.15 bits per heavy atom. The highest BCUT2D eigenvalue weighted by Gasteiger charge is 2.36. The lowest BCUT2D eigenvalue weighted by Gasteiger charge is -2.36. The van der Waals surface area contributed by atoms with Crippen molar-refractivity contribution in [1.29, 1.82) is 0 Å². The Kier molecular flexibility index (Phi) is 9.74. The van der Waals surface area contributed by atoms with E-state index in [-0.39, 0.29) is 0 Å². The van der Waals surface area contributed by atoms with E-state index in [1.807, 2.05) is 0 Å². The molecular weight excluding hydrogens is 260 g/mol. The van der Waals surface area contributed by atoms with Crippen molar-refractivity contribution in [3.63, 3.8) is 0 Å². The normalized spacial score (nSPS) is 14.3. The fourth-order valence-electron chi connectivity index (χ4n) is 2.08. The molecule has 0 bridgehead atoms. The summed E-state index contributed by atoms with van der Waals surface area (Å²) in [6.07, 6.45) is 11.2. The zero-order valence-corrected chi connectivity index (χ0v) is 15.9. The first kappa shape index (κ1) is 19.9. The molecule has 120 valence electrons. The van der Waals surface area contributed by atoms with Crippen LogP contribution in [0.2, 0.25) is 18.1 Å². The fraction of sp³-hybridized carbons (Fsp3) is 0.889. The first-order chi connectivity index (χ1) is 9.24. The van der Waals surface area contributed by atoms with Crippen LogP contribution in [0.4, 0.5) is 0 Å². The predicted octanol–water partition coefficient (Wildman–Crippen LogP) is 6.56. The van der Waals surface area contributed by atoms with Gasteiger partial charge < -0.3 is 4.43 Å². The molecule has 0 aliphatic heterocycles. The van der Waals surface area contributed by atoms with Gasteiger partial charge in [0.25, 0.3) is 0 Å². The Bertz CT molecular complexity index is 253. The van der Waals surface area contributed by atoms with Crippen LogP contribution in [-0.4, -0.2) is 14.9 Å². The summed E-state index contributed by atoms with van der Waals surface area (Å²) in [5.74, 6) is 0.733. The van der Waals surface area contributed by atoms with Gasteiger partial charge in [0, 0.05) is 6.61 Å². The van der Waals surface area contributed by atoms with Gasteiger partial charge in [-0.3, -0.25) is 0 Å². The van der Waals surface area contributed by atoms with Crippen molar-refractivity contribution in [3.05, 3.63) is 12.7 Å². The fourth-order valence-corrected chi connectivity index (χ4v) is 3.16. The summed E-state index contributed by atoms with van der Waals surface area (Å²) in [5, 5.41) is 0.334. The predicted molar refractivity (Wildman–Crippen MR) is 94.8 cm³/mol. The molecule has 20 heavy (non-hydrogen) atoms. The van der Waals surface area contributed by atoms with Crippen LogP contribution in [0.1, 0.15) is 72.6 Å². The minimum Gasteiger partial charge on any atom is -0.417 e. The molecule has 0 aliphatic carbocycles. The Morgan fingerprint density at radius 2 is 1.65 bits per heavy atom. The van der Waals surface area contributed by atoms with Crippen LogP contribution in [0.15, 0.2) is 12.7 Å². The van der Waals surface area contributed by atoms with Gasteiger partial charge in [-0.25, -0.2) is 0 Å². The van der Waals surface area contributed by atoms with Crippen molar-refractivity contribution in [1.82, 2.24) is 0 Å². The number of unbranched alkanes of at least 4 members (excludes halogenated alkanes) is 3. The number of hydrogen-bond acceptors (Lipinski definition) is 1. The molecule has 0 radical (unpaired) electrons. The van der Waals surface area contributed by atoms with Gasteiger partial charge in [-0.05, 0) is 43.3 Å². The minimum atomic E-state index is -1.53. The molecule has 1 atom stereocenters. The van der Waals surface area contributed by atoms with Crippen LogP contribution in [-0.2, 0) is 4.43 Å². The molecule has 0 saturated heterocycles. The van der Waals surface area contributed by atoms with E-state index in [2.05, 4.69) is 53.4 Å². The van der Waals surface area contributed by atoms with Gasteiger partial charge in [0.15, 0.2) is 8.32 Å². The second-order valence-corrected chi connectivity index (χ2v) is 12.4. The lowest BCUT2D eigenvalue weighted by atomic mass is 9.96. The van der Waals surface area contributed by atoms with Gasteiger partial charge in [-0.15, -0.1) is 6.58 Å². The Hall–Kier alpha value is -0.0831. The molecule has 0 fully saturated rings. The van der Waals surface area contributed by atoms with Gasteiger partial charge in [0.05, 0.1) is 0 Å². The second-order valence-electron chi connectivity index (χ2n) is 7.60. The van der Waals surface area contributed by atoms with Gasteiger partial charge in [-0.2, -0.15) is 0 Å². The van der Waals surface area contributed by atoms with E-state index in [9.17, 15) is 0 Å². The van der Waals surface area contributed by atoms with Crippen molar-refractivity contribution in [2.24, 2.45) is 5.92 Å². The van der Waals surface area contributed by atoms with Crippen molar-refractivity contribution < 1.29 is 4.43 Å². The van der Waals surface area contributed by atoms with Crippen LogP contribution in [0, 0.1) is 5.92 Å². The molecular formula is C18H38OSi. The van der Waals surface area contributed by atoms with E-state index >= 15 is 0 Å². The van der Waals surface area contributed by atoms with Crippen LogP contribution in [0.5, 0.6) is 0 Å². The third-order valence-corrected chi connectivity index (χ3v) is 9.29.